The van der Waals surface area contributed by atoms with Crippen LogP contribution in [0, 0.1) is 0 Å². The number of benzene rings is 1. The average molecular weight is 318 g/mol. The number of anilines is 1. The van der Waals surface area contributed by atoms with Crippen LogP contribution in [0.1, 0.15) is 0 Å². The number of aliphatic hydroxyl groups is 1. The van der Waals surface area contributed by atoms with E-state index in [0.29, 0.717) is 22.3 Å². The zero-order valence-electron chi connectivity index (χ0n) is 9.98. The first-order chi connectivity index (χ1) is 9.15. The molecule has 0 aliphatic rings. The number of nitrogens with one attached hydrogen (secondary N) is 1. The molecule has 6 heteroatoms. The molecule has 0 spiro atoms. The fraction of sp³-hybridized carbons (Fsp3) is 0.231. The van der Waals surface area contributed by atoms with Gasteiger partial charge in [0.05, 0.1) is 5.02 Å². The molecule has 2 rings (SSSR count). The minimum atomic E-state index is -0.630. The predicted octanol–water partition coefficient (Wildman–Crippen LogP) is 3.91. The second kappa shape index (κ2) is 7.01. The summed E-state index contributed by atoms with van der Waals surface area (Å²) < 4.78 is 5.45. The van der Waals surface area contributed by atoms with Crippen molar-refractivity contribution in [1.82, 2.24) is 0 Å². The molecule has 1 unspecified atom stereocenters. The molecule has 1 aromatic heterocycles. The lowest BCUT2D eigenvalue weighted by Crippen LogP contribution is -2.26. The van der Waals surface area contributed by atoms with Crippen LogP contribution in [0.2, 0.25) is 10.0 Å². The average Bonchev–Trinajstić information content (AvgIpc) is 2.90. The molecule has 19 heavy (non-hydrogen) atoms. The molecule has 0 fully saturated rings. The number of hydrogen-bond acceptors (Lipinski definition) is 4. The molecule has 2 aromatic rings. The van der Waals surface area contributed by atoms with Crippen molar-refractivity contribution in [2.75, 3.05) is 18.5 Å². The van der Waals surface area contributed by atoms with E-state index in [1.54, 1.807) is 29.5 Å². The molecule has 1 aromatic carbocycles. The summed E-state index contributed by atoms with van der Waals surface area (Å²) >= 11 is 13.4. The Balaban J connectivity index is 1.79. The first-order valence-electron chi connectivity index (χ1n) is 5.67. The lowest BCUT2D eigenvalue weighted by molar-refractivity contribution is 0.117. The van der Waals surface area contributed by atoms with Gasteiger partial charge in [0, 0.05) is 28.7 Å². The third-order valence-corrected chi connectivity index (χ3v) is 3.62. The highest BCUT2D eigenvalue weighted by Crippen LogP contribution is 2.27. The Morgan fingerprint density at radius 2 is 2.16 bits per heavy atom. The molecule has 0 bridgehead atoms. The van der Waals surface area contributed by atoms with E-state index in [0.717, 1.165) is 5.69 Å². The Labute approximate surface area is 125 Å². The molecule has 102 valence electrons. The van der Waals surface area contributed by atoms with Crippen molar-refractivity contribution in [3.8, 4) is 5.75 Å². The molecule has 2 N–H and O–H groups in total. The van der Waals surface area contributed by atoms with Crippen LogP contribution >= 0.6 is 34.5 Å². The van der Waals surface area contributed by atoms with Crippen molar-refractivity contribution in [1.29, 1.82) is 0 Å². The van der Waals surface area contributed by atoms with Crippen LogP contribution < -0.4 is 10.1 Å². The van der Waals surface area contributed by atoms with E-state index in [9.17, 15) is 5.11 Å². The van der Waals surface area contributed by atoms with Gasteiger partial charge in [-0.1, -0.05) is 23.2 Å². The lowest BCUT2D eigenvalue weighted by Gasteiger charge is -2.14. The molecule has 1 atom stereocenters. The number of ether oxygens (including phenoxy) is 1. The zero-order chi connectivity index (χ0) is 13.7. The van der Waals surface area contributed by atoms with Crippen LogP contribution in [-0.2, 0) is 0 Å². The van der Waals surface area contributed by atoms with Gasteiger partial charge in [-0.05, 0) is 23.6 Å². The summed E-state index contributed by atoms with van der Waals surface area (Å²) in [5.74, 6) is 0.476. The largest absolute Gasteiger partial charge is 0.489 e. The molecule has 0 radical (unpaired) electrons. The van der Waals surface area contributed by atoms with Crippen molar-refractivity contribution in [3.05, 3.63) is 45.1 Å². The maximum Gasteiger partial charge on any atom is 0.139 e. The third kappa shape index (κ3) is 4.58. The van der Waals surface area contributed by atoms with Crippen LogP contribution in [0.15, 0.2) is 35.0 Å². The van der Waals surface area contributed by atoms with Crippen LogP contribution in [-0.4, -0.2) is 24.4 Å². The SMILES string of the molecule is OC(CNc1ccsc1)COc1cc(Cl)ccc1Cl. The van der Waals surface area contributed by atoms with Gasteiger partial charge in [0.1, 0.15) is 18.5 Å². The van der Waals surface area contributed by atoms with E-state index in [2.05, 4.69) is 5.32 Å². The topological polar surface area (TPSA) is 41.5 Å². The molecule has 0 aliphatic heterocycles. The van der Waals surface area contributed by atoms with Crippen molar-refractivity contribution in [2.24, 2.45) is 0 Å². The summed E-state index contributed by atoms with van der Waals surface area (Å²) in [6, 6.07) is 6.93. The molecule has 0 saturated carbocycles. The van der Waals surface area contributed by atoms with Gasteiger partial charge in [0.15, 0.2) is 0 Å². The Morgan fingerprint density at radius 3 is 2.89 bits per heavy atom. The van der Waals surface area contributed by atoms with Gasteiger partial charge < -0.3 is 15.2 Å². The Hall–Kier alpha value is -0.940. The summed E-state index contributed by atoms with van der Waals surface area (Å²) in [6.07, 6.45) is -0.630. The number of thiophene rings is 1. The van der Waals surface area contributed by atoms with Crippen molar-refractivity contribution < 1.29 is 9.84 Å². The van der Waals surface area contributed by atoms with Gasteiger partial charge in [-0.2, -0.15) is 11.3 Å². The quantitative estimate of drug-likeness (QED) is 0.848. The molecular weight excluding hydrogens is 305 g/mol. The smallest absolute Gasteiger partial charge is 0.139 e. The number of aliphatic hydroxyl groups excluding tert-OH is 1. The van der Waals surface area contributed by atoms with Gasteiger partial charge in [0.2, 0.25) is 0 Å². The maximum atomic E-state index is 9.81. The highest BCUT2D eigenvalue weighted by molar-refractivity contribution is 7.08. The standard InChI is InChI=1S/C13H13Cl2NO2S/c14-9-1-2-12(15)13(5-9)18-7-11(17)6-16-10-3-4-19-8-10/h1-5,8,11,16-17H,6-7H2. The summed E-state index contributed by atoms with van der Waals surface area (Å²) in [4.78, 5) is 0. The fourth-order valence-electron chi connectivity index (χ4n) is 1.43. The van der Waals surface area contributed by atoms with Crippen molar-refractivity contribution in [2.45, 2.75) is 6.10 Å². The number of rotatable bonds is 6. The number of halogens is 2. The first-order valence-corrected chi connectivity index (χ1v) is 7.37. The third-order valence-electron chi connectivity index (χ3n) is 2.39. The fourth-order valence-corrected chi connectivity index (χ4v) is 2.38. The molecule has 0 saturated heterocycles. The predicted molar refractivity (Wildman–Crippen MR) is 80.8 cm³/mol. The van der Waals surface area contributed by atoms with E-state index in [4.69, 9.17) is 27.9 Å². The van der Waals surface area contributed by atoms with Crippen LogP contribution in [0.3, 0.4) is 0 Å². The second-order valence-corrected chi connectivity index (χ2v) is 5.56. The summed E-state index contributed by atoms with van der Waals surface area (Å²) in [7, 11) is 0. The van der Waals surface area contributed by atoms with Crippen molar-refractivity contribution in [3.63, 3.8) is 0 Å². The van der Waals surface area contributed by atoms with E-state index in [-0.39, 0.29) is 6.61 Å². The Morgan fingerprint density at radius 1 is 1.32 bits per heavy atom. The van der Waals surface area contributed by atoms with Gasteiger partial charge in [-0.3, -0.25) is 0 Å². The zero-order valence-corrected chi connectivity index (χ0v) is 12.3. The highest BCUT2D eigenvalue weighted by Gasteiger charge is 2.08. The van der Waals surface area contributed by atoms with E-state index in [1.807, 2.05) is 16.8 Å². The van der Waals surface area contributed by atoms with Gasteiger partial charge in [-0.15, -0.1) is 0 Å². The number of hydrogen-bond donors (Lipinski definition) is 2. The Bertz CT molecular complexity index is 519. The second-order valence-electron chi connectivity index (χ2n) is 3.93. The Kier molecular flexibility index (Phi) is 5.34. The minimum Gasteiger partial charge on any atom is -0.489 e. The minimum absolute atomic E-state index is 0.150. The van der Waals surface area contributed by atoms with Gasteiger partial charge >= 0.3 is 0 Å². The van der Waals surface area contributed by atoms with E-state index >= 15 is 0 Å². The summed E-state index contributed by atoms with van der Waals surface area (Å²) in [5.41, 5.74) is 0.991. The molecule has 0 amide bonds. The molecule has 3 nitrogen and oxygen atoms in total. The molecule has 0 aliphatic carbocycles. The van der Waals surface area contributed by atoms with Crippen LogP contribution in [0.25, 0.3) is 0 Å². The molecular formula is C13H13Cl2NO2S. The summed E-state index contributed by atoms with van der Waals surface area (Å²) in [5, 5.41) is 17.9. The highest BCUT2D eigenvalue weighted by atomic mass is 35.5. The van der Waals surface area contributed by atoms with Crippen molar-refractivity contribution >= 4 is 40.2 Å². The van der Waals surface area contributed by atoms with Gasteiger partial charge in [-0.25, -0.2) is 0 Å². The summed E-state index contributed by atoms with van der Waals surface area (Å²) in [6.45, 7) is 0.562. The van der Waals surface area contributed by atoms with Crippen LogP contribution in [0.4, 0.5) is 5.69 Å². The molecule has 1 heterocycles. The van der Waals surface area contributed by atoms with E-state index < -0.39 is 6.10 Å². The first kappa shape index (κ1) is 14.5. The van der Waals surface area contributed by atoms with Gasteiger partial charge in [0.25, 0.3) is 0 Å². The maximum absolute atomic E-state index is 9.81. The van der Waals surface area contributed by atoms with Crippen LogP contribution in [0.5, 0.6) is 5.75 Å². The monoisotopic (exact) mass is 317 g/mol. The lowest BCUT2D eigenvalue weighted by atomic mass is 10.3. The normalized spacial score (nSPS) is 12.2. The van der Waals surface area contributed by atoms with E-state index in [1.165, 1.54) is 0 Å².